The molecule has 0 aromatic rings. The molecule has 0 bridgehead atoms. The van der Waals surface area contributed by atoms with Gasteiger partial charge >= 0.3 is 0 Å². The summed E-state index contributed by atoms with van der Waals surface area (Å²) >= 11 is 2.30. The van der Waals surface area contributed by atoms with E-state index in [1.54, 1.807) is 6.20 Å². The Morgan fingerprint density at radius 1 is 1.80 bits per heavy atom. The summed E-state index contributed by atoms with van der Waals surface area (Å²) < 4.78 is 0.419. The zero-order valence-corrected chi connectivity index (χ0v) is 8.71. The predicted molar refractivity (Wildman–Crippen MR) is 52.6 cm³/mol. The van der Waals surface area contributed by atoms with Crippen molar-refractivity contribution in [1.29, 1.82) is 0 Å². The molecule has 0 aliphatic carbocycles. The van der Waals surface area contributed by atoms with Crippen molar-refractivity contribution >= 4 is 22.6 Å². The van der Waals surface area contributed by atoms with E-state index in [1.807, 2.05) is 19.0 Å². The molecule has 1 unspecified atom stereocenters. The fourth-order valence-corrected chi connectivity index (χ4v) is 0.777. The van der Waals surface area contributed by atoms with Gasteiger partial charge in [-0.25, -0.2) is 0 Å². The lowest BCUT2D eigenvalue weighted by Crippen LogP contribution is -2.29. The Kier molecular flexibility index (Phi) is 4.59. The fraction of sp³-hybridized carbons (Fsp3) is 0.667. The smallest absolute Gasteiger partial charge is 0.115 e. The maximum absolute atomic E-state index is 5.65. The van der Waals surface area contributed by atoms with Gasteiger partial charge in [-0.3, -0.25) is 0 Å². The molecule has 3 N–H and O–H groups in total. The average molecular weight is 255 g/mol. The molecule has 0 radical (unpaired) electrons. The Labute approximate surface area is 75.8 Å². The Morgan fingerprint density at radius 2 is 2.30 bits per heavy atom. The number of alkyl halides is 1. The first kappa shape index (κ1) is 9.87. The lowest BCUT2D eigenvalue weighted by Gasteiger charge is -2.21. The highest BCUT2D eigenvalue weighted by Crippen LogP contribution is 2.06. The lowest BCUT2D eigenvalue weighted by atomic mass is 10.6. The molecule has 0 spiro atoms. The SMILES string of the molecule is CN/C=C(/N)N(C)C(C)I. The van der Waals surface area contributed by atoms with Gasteiger partial charge in [-0.2, -0.15) is 0 Å². The predicted octanol–water partition coefficient (Wildman–Crippen LogP) is 0.676. The third-order valence-electron chi connectivity index (χ3n) is 1.23. The molecule has 4 heteroatoms. The van der Waals surface area contributed by atoms with Crippen LogP contribution in [0.1, 0.15) is 6.92 Å². The first-order chi connectivity index (χ1) is 4.59. The molecule has 0 heterocycles. The van der Waals surface area contributed by atoms with E-state index in [2.05, 4.69) is 34.8 Å². The monoisotopic (exact) mass is 255 g/mol. The van der Waals surface area contributed by atoms with Crippen LogP contribution in [0.2, 0.25) is 0 Å². The van der Waals surface area contributed by atoms with Crippen LogP contribution in [0.15, 0.2) is 12.0 Å². The van der Waals surface area contributed by atoms with E-state index in [-0.39, 0.29) is 0 Å². The molecule has 60 valence electrons. The van der Waals surface area contributed by atoms with Crippen LogP contribution in [0.4, 0.5) is 0 Å². The fourth-order valence-electron chi connectivity index (χ4n) is 0.455. The molecule has 0 saturated carbocycles. The van der Waals surface area contributed by atoms with Gasteiger partial charge in [-0.15, -0.1) is 0 Å². The van der Waals surface area contributed by atoms with Gasteiger partial charge < -0.3 is 16.0 Å². The summed E-state index contributed by atoms with van der Waals surface area (Å²) in [5.74, 6) is 0.754. The molecule has 0 aromatic carbocycles. The Hall–Kier alpha value is -0.130. The van der Waals surface area contributed by atoms with E-state index in [4.69, 9.17) is 5.73 Å². The van der Waals surface area contributed by atoms with Gasteiger partial charge in [-0.05, 0) is 6.92 Å². The van der Waals surface area contributed by atoms with Crippen LogP contribution in [-0.2, 0) is 0 Å². The molecule has 0 aliphatic heterocycles. The maximum Gasteiger partial charge on any atom is 0.115 e. The van der Waals surface area contributed by atoms with E-state index in [0.29, 0.717) is 4.05 Å². The zero-order chi connectivity index (χ0) is 8.15. The van der Waals surface area contributed by atoms with Crippen molar-refractivity contribution in [2.75, 3.05) is 14.1 Å². The molecule has 10 heavy (non-hydrogen) atoms. The zero-order valence-electron chi connectivity index (χ0n) is 6.56. The van der Waals surface area contributed by atoms with Crippen LogP contribution >= 0.6 is 22.6 Å². The highest BCUT2D eigenvalue weighted by atomic mass is 127. The molecule has 3 nitrogen and oxygen atoms in total. The molecule has 0 aromatic heterocycles. The van der Waals surface area contributed by atoms with Crippen molar-refractivity contribution in [1.82, 2.24) is 10.2 Å². The largest absolute Gasteiger partial charge is 0.391 e. The van der Waals surface area contributed by atoms with Crippen LogP contribution in [0.5, 0.6) is 0 Å². The van der Waals surface area contributed by atoms with Gasteiger partial charge in [0.25, 0.3) is 0 Å². The van der Waals surface area contributed by atoms with Crippen LogP contribution in [0.3, 0.4) is 0 Å². The van der Waals surface area contributed by atoms with Crippen LogP contribution in [-0.4, -0.2) is 23.0 Å². The summed E-state index contributed by atoms with van der Waals surface area (Å²) in [6, 6.07) is 0. The summed E-state index contributed by atoms with van der Waals surface area (Å²) in [5, 5.41) is 2.87. The number of nitrogens with one attached hydrogen (secondary N) is 1. The van der Waals surface area contributed by atoms with Gasteiger partial charge in [0.1, 0.15) is 5.82 Å². The van der Waals surface area contributed by atoms with Gasteiger partial charge in [-0.1, -0.05) is 22.6 Å². The standard InChI is InChI=1S/C6H14IN3/c1-5(7)10(3)6(8)4-9-2/h4-5,9H,8H2,1-3H3/b6-4-. The molecule has 0 rings (SSSR count). The van der Waals surface area contributed by atoms with E-state index in [1.165, 1.54) is 0 Å². The van der Waals surface area contributed by atoms with E-state index >= 15 is 0 Å². The summed E-state index contributed by atoms with van der Waals surface area (Å²) in [4.78, 5) is 1.98. The van der Waals surface area contributed by atoms with Crippen molar-refractivity contribution < 1.29 is 0 Å². The summed E-state index contributed by atoms with van der Waals surface area (Å²) in [6.07, 6.45) is 1.77. The summed E-state index contributed by atoms with van der Waals surface area (Å²) in [6.45, 7) is 2.08. The Bertz CT molecular complexity index is 122. The molecule has 1 atom stereocenters. The maximum atomic E-state index is 5.65. The summed E-state index contributed by atoms with van der Waals surface area (Å²) in [5.41, 5.74) is 5.65. The Balaban J connectivity index is 3.93. The number of halogens is 1. The second-order valence-corrected chi connectivity index (χ2v) is 3.85. The second kappa shape index (κ2) is 4.65. The Morgan fingerprint density at radius 3 is 2.60 bits per heavy atom. The molecular formula is C6H14IN3. The van der Waals surface area contributed by atoms with Crippen LogP contribution in [0.25, 0.3) is 0 Å². The molecule has 0 fully saturated rings. The summed E-state index contributed by atoms with van der Waals surface area (Å²) in [7, 11) is 3.79. The number of nitrogens with two attached hydrogens (primary N) is 1. The topological polar surface area (TPSA) is 41.3 Å². The number of rotatable bonds is 3. The molecule has 0 amide bonds. The minimum atomic E-state index is 0.419. The minimum Gasteiger partial charge on any atom is -0.391 e. The van der Waals surface area contributed by atoms with Gasteiger partial charge in [0.15, 0.2) is 0 Å². The van der Waals surface area contributed by atoms with E-state index in [9.17, 15) is 0 Å². The van der Waals surface area contributed by atoms with Crippen LogP contribution in [0, 0.1) is 0 Å². The molecule has 0 aliphatic rings. The number of nitrogens with zero attached hydrogens (tertiary/aromatic N) is 1. The van der Waals surface area contributed by atoms with Crippen molar-refractivity contribution in [3.63, 3.8) is 0 Å². The van der Waals surface area contributed by atoms with Crippen LogP contribution < -0.4 is 11.1 Å². The van der Waals surface area contributed by atoms with Gasteiger partial charge in [0, 0.05) is 20.3 Å². The third kappa shape index (κ3) is 3.14. The minimum absolute atomic E-state index is 0.419. The first-order valence-corrected chi connectivity index (χ1v) is 4.34. The molecule has 0 saturated heterocycles. The highest BCUT2D eigenvalue weighted by Gasteiger charge is 2.03. The quantitative estimate of drug-likeness (QED) is 0.442. The van der Waals surface area contributed by atoms with Crippen molar-refractivity contribution in [3.8, 4) is 0 Å². The third-order valence-corrected chi connectivity index (χ3v) is 2.07. The highest BCUT2D eigenvalue weighted by molar-refractivity contribution is 14.1. The van der Waals surface area contributed by atoms with E-state index in [0.717, 1.165) is 5.82 Å². The van der Waals surface area contributed by atoms with Crippen molar-refractivity contribution in [2.24, 2.45) is 5.73 Å². The van der Waals surface area contributed by atoms with Crippen molar-refractivity contribution in [3.05, 3.63) is 12.0 Å². The first-order valence-electron chi connectivity index (χ1n) is 3.09. The number of hydrogen-bond donors (Lipinski definition) is 2. The average Bonchev–Trinajstić information content (AvgIpc) is 1.87. The second-order valence-electron chi connectivity index (χ2n) is 2.04. The number of hydrogen-bond acceptors (Lipinski definition) is 3. The lowest BCUT2D eigenvalue weighted by molar-refractivity contribution is 0.417. The normalized spacial score (nSPS) is 14.6. The van der Waals surface area contributed by atoms with E-state index < -0.39 is 0 Å². The van der Waals surface area contributed by atoms with Crippen molar-refractivity contribution in [2.45, 2.75) is 11.0 Å². The van der Waals surface area contributed by atoms with Gasteiger partial charge in [0.05, 0.1) is 4.05 Å². The van der Waals surface area contributed by atoms with Gasteiger partial charge in [0.2, 0.25) is 0 Å². The molecular weight excluding hydrogens is 241 g/mol.